The van der Waals surface area contributed by atoms with Gasteiger partial charge in [0, 0.05) is 11.1 Å². The summed E-state index contributed by atoms with van der Waals surface area (Å²) in [7, 11) is 1.34. The molecule has 104 valence electrons. The Balaban J connectivity index is 2.23. The van der Waals surface area contributed by atoms with Crippen LogP contribution >= 0.6 is 0 Å². The van der Waals surface area contributed by atoms with Crippen molar-refractivity contribution < 1.29 is 14.3 Å². The van der Waals surface area contributed by atoms with E-state index >= 15 is 0 Å². The van der Waals surface area contributed by atoms with Crippen molar-refractivity contribution in [3.8, 4) is 11.8 Å². The smallest absolute Gasteiger partial charge is 0.337 e. The van der Waals surface area contributed by atoms with E-state index in [4.69, 9.17) is 0 Å². The number of amides is 1. The molecule has 0 saturated heterocycles. The SMILES string of the molecule is COC(=O)c1ccc(C#Cc2ccccc2NC=O)cc1. The number of methoxy groups -OCH3 is 1. The summed E-state index contributed by atoms with van der Waals surface area (Å²) in [4.78, 5) is 21.8. The van der Waals surface area contributed by atoms with Gasteiger partial charge < -0.3 is 10.1 Å². The molecule has 1 N–H and O–H groups in total. The second-order valence-corrected chi connectivity index (χ2v) is 4.13. The number of carbonyl (C=O) groups is 2. The molecule has 0 bridgehead atoms. The molecular weight excluding hydrogens is 266 g/mol. The average Bonchev–Trinajstić information content (AvgIpc) is 2.54. The van der Waals surface area contributed by atoms with Crippen molar-refractivity contribution >= 4 is 18.1 Å². The molecule has 2 aromatic carbocycles. The molecule has 0 aliphatic heterocycles. The van der Waals surface area contributed by atoms with Crippen LogP contribution in [0.15, 0.2) is 48.5 Å². The van der Waals surface area contributed by atoms with Crippen LogP contribution < -0.4 is 5.32 Å². The van der Waals surface area contributed by atoms with Gasteiger partial charge in [0.05, 0.1) is 18.4 Å². The zero-order chi connectivity index (χ0) is 15.1. The first-order valence-electron chi connectivity index (χ1n) is 6.24. The molecule has 0 aromatic heterocycles. The van der Waals surface area contributed by atoms with Gasteiger partial charge in [-0.2, -0.15) is 0 Å². The van der Waals surface area contributed by atoms with Crippen molar-refractivity contribution in [3.63, 3.8) is 0 Å². The highest BCUT2D eigenvalue weighted by molar-refractivity contribution is 5.89. The van der Waals surface area contributed by atoms with Gasteiger partial charge in [0.15, 0.2) is 0 Å². The van der Waals surface area contributed by atoms with E-state index in [0.29, 0.717) is 17.7 Å². The predicted octanol–water partition coefficient (Wildman–Crippen LogP) is 2.44. The normalized spacial score (nSPS) is 9.19. The van der Waals surface area contributed by atoms with Crippen molar-refractivity contribution in [2.24, 2.45) is 0 Å². The number of esters is 1. The summed E-state index contributed by atoms with van der Waals surface area (Å²) in [6.45, 7) is 0. The number of rotatable bonds is 3. The molecule has 0 fully saturated rings. The lowest BCUT2D eigenvalue weighted by atomic mass is 10.1. The molecule has 0 atom stereocenters. The molecule has 2 aromatic rings. The second-order valence-electron chi connectivity index (χ2n) is 4.13. The van der Waals surface area contributed by atoms with Gasteiger partial charge in [-0.15, -0.1) is 0 Å². The third kappa shape index (κ3) is 3.71. The van der Waals surface area contributed by atoms with Gasteiger partial charge in [0.2, 0.25) is 6.41 Å². The van der Waals surface area contributed by atoms with Gasteiger partial charge in [-0.1, -0.05) is 24.0 Å². The molecule has 21 heavy (non-hydrogen) atoms. The lowest BCUT2D eigenvalue weighted by Crippen LogP contribution is -2.00. The highest BCUT2D eigenvalue weighted by Gasteiger charge is 2.03. The van der Waals surface area contributed by atoms with Gasteiger partial charge in [-0.05, 0) is 36.4 Å². The molecule has 0 saturated carbocycles. The highest BCUT2D eigenvalue weighted by atomic mass is 16.5. The van der Waals surface area contributed by atoms with Crippen LogP contribution in [0, 0.1) is 11.8 Å². The van der Waals surface area contributed by atoms with E-state index in [-0.39, 0.29) is 5.97 Å². The summed E-state index contributed by atoms with van der Waals surface area (Å²) >= 11 is 0. The Labute approximate surface area is 122 Å². The summed E-state index contributed by atoms with van der Waals surface area (Å²) in [5.74, 6) is 5.60. The van der Waals surface area contributed by atoms with E-state index < -0.39 is 0 Å². The average molecular weight is 279 g/mol. The van der Waals surface area contributed by atoms with Crippen molar-refractivity contribution in [2.45, 2.75) is 0 Å². The number of benzene rings is 2. The van der Waals surface area contributed by atoms with Crippen LogP contribution in [0.5, 0.6) is 0 Å². The molecule has 0 aliphatic carbocycles. The van der Waals surface area contributed by atoms with Gasteiger partial charge in [-0.25, -0.2) is 4.79 Å². The summed E-state index contributed by atoms with van der Waals surface area (Å²) in [5.41, 5.74) is 2.63. The lowest BCUT2D eigenvalue weighted by molar-refractivity contribution is -0.105. The molecule has 0 spiro atoms. The van der Waals surface area contributed by atoms with Gasteiger partial charge in [0.1, 0.15) is 0 Å². The molecule has 0 radical (unpaired) electrons. The minimum Gasteiger partial charge on any atom is -0.465 e. The second kappa shape index (κ2) is 6.92. The molecule has 2 rings (SSSR count). The van der Waals surface area contributed by atoms with Crippen molar-refractivity contribution in [2.75, 3.05) is 12.4 Å². The largest absolute Gasteiger partial charge is 0.465 e. The molecule has 4 nitrogen and oxygen atoms in total. The number of para-hydroxylation sites is 1. The van der Waals surface area contributed by atoms with Gasteiger partial charge >= 0.3 is 5.97 Å². The fourth-order valence-electron chi connectivity index (χ4n) is 1.73. The van der Waals surface area contributed by atoms with Crippen LogP contribution in [0.25, 0.3) is 0 Å². The van der Waals surface area contributed by atoms with Crippen molar-refractivity contribution in [1.82, 2.24) is 0 Å². The monoisotopic (exact) mass is 279 g/mol. The predicted molar refractivity (Wildman–Crippen MR) is 79.9 cm³/mol. The Hall–Kier alpha value is -3.06. The maximum atomic E-state index is 11.3. The zero-order valence-electron chi connectivity index (χ0n) is 11.4. The number of hydrogen-bond acceptors (Lipinski definition) is 3. The molecule has 4 heteroatoms. The number of hydrogen-bond donors (Lipinski definition) is 1. The summed E-state index contributed by atoms with van der Waals surface area (Å²) in [5, 5.41) is 2.60. The fraction of sp³-hybridized carbons (Fsp3) is 0.0588. The maximum Gasteiger partial charge on any atom is 0.337 e. The van der Waals surface area contributed by atoms with Crippen molar-refractivity contribution in [1.29, 1.82) is 0 Å². The van der Waals surface area contributed by atoms with Crippen LogP contribution in [0.3, 0.4) is 0 Å². The summed E-state index contributed by atoms with van der Waals surface area (Å²) in [6, 6.07) is 14.1. The topological polar surface area (TPSA) is 55.4 Å². The van der Waals surface area contributed by atoms with E-state index in [1.54, 1.807) is 30.3 Å². The third-order valence-corrected chi connectivity index (χ3v) is 2.79. The summed E-state index contributed by atoms with van der Waals surface area (Å²) < 4.78 is 4.63. The molecule has 0 aliphatic rings. The summed E-state index contributed by atoms with van der Waals surface area (Å²) in [6.07, 6.45) is 0.617. The fourth-order valence-corrected chi connectivity index (χ4v) is 1.73. The van der Waals surface area contributed by atoms with E-state index in [1.165, 1.54) is 7.11 Å². The van der Waals surface area contributed by atoms with E-state index in [9.17, 15) is 9.59 Å². The van der Waals surface area contributed by atoms with E-state index in [0.717, 1.165) is 11.1 Å². The number of carbonyl (C=O) groups excluding carboxylic acids is 2. The Morgan fingerprint density at radius 1 is 1.10 bits per heavy atom. The molecular formula is C17H13NO3. The van der Waals surface area contributed by atoms with Crippen LogP contribution in [-0.4, -0.2) is 19.5 Å². The van der Waals surface area contributed by atoms with Crippen molar-refractivity contribution in [3.05, 3.63) is 65.2 Å². The number of ether oxygens (including phenoxy) is 1. The van der Waals surface area contributed by atoms with Crippen LogP contribution in [0.1, 0.15) is 21.5 Å². The zero-order valence-corrected chi connectivity index (χ0v) is 11.4. The Kier molecular flexibility index (Phi) is 4.73. The highest BCUT2D eigenvalue weighted by Crippen LogP contribution is 2.13. The van der Waals surface area contributed by atoms with Crippen LogP contribution in [0.4, 0.5) is 5.69 Å². The quantitative estimate of drug-likeness (QED) is 0.533. The first kappa shape index (κ1) is 14.4. The van der Waals surface area contributed by atoms with Crippen LogP contribution in [0.2, 0.25) is 0 Å². The van der Waals surface area contributed by atoms with Crippen LogP contribution in [-0.2, 0) is 9.53 Å². The molecule has 1 amide bonds. The Morgan fingerprint density at radius 3 is 2.48 bits per heavy atom. The standard InChI is InChI=1S/C17H13NO3/c1-21-17(20)15-10-7-13(8-11-15)6-9-14-4-2-3-5-16(14)18-12-19/h2-5,7-8,10-12H,1H3,(H,18,19). The number of anilines is 1. The maximum absolute atomic E-state index is 11.3. The lowest BCUT2D eigenvalue weighted by Gasteiger charge is -2.01. The molecule has 0 unspecified atom stereocenters. The number of nitrogens with one attached hydrogen (secondary N) is 1. The Morgan fingerprint density at radius 2 is 1.81 bits per heavy atom. The first-order valence-corrected chi connectivity index (χ1v) is 6.24. The Bertz CT molecular complexity index is 709. The van der Waals surface area contributed by atoms with E-state index in [1.807, 2.05) is 18.2 Å². The van der Waals surface area contributed by atoms with E-state index in [2.05, 4.69) is 21.9 Å². The minimum absolute atomic E-state index is 0.380. The molecule has 0 heterocycles. The minimum atomic E-state index is -0.380. The first-order chi connectivity index (χ1) is 10.2. The van der Waals surface area contributed by atoms with Gasteiger partial charge in [0.25, 0.3) is 0 Å². The van der Waals surface area contributed by atoms with Gasteiger partial charge in [-0.3, -0.25) is 4.79 Å². The third-order valence-electron chi connectivity index (χ3n) is 2.79.